The molecule has 0 saturated heterocycles. The number of ether oxygens (including phenoxy) is 2. The zero-order valence-electron chi connectivity index (χ0n) is 8.63. The Labute approximate surface area is 91.0 Å². The molecule has 16 heavy (non-hydrogen) atoms. The van der Waals surface area contributed by atoms with E-state index in [2.05, 4.69) is 9.47 Å². The molecule has 88 valence electrons. The third-order valence-corrected chi connectivity index (χ3v) is 1.85. The summed E-state index contributed by atoms with van der Waals surface area (Å²) in [6, 6.07) is 1.95. The lowest BCUT2D eigenvalue weighted by atomic mass is 10.2. The first kappa shape index (κ1) is 12.4. The van der Waals surface area contributed by atoms with Crippen molar-refractivity contribution in [1.82, 2.24) is 0 Å². The van der Waals surface area contributed by atoms with E-state index < -0.39 is 23.2 Å². The van der Waals surface area contributed by atoms with Crippen LogP contribution in [0.1, 0.15) is 10.4 Å². The summed E-state index contributed by atoms with van der Waals surface area (Å²) in [5.41, 5.74) is 4.12. The average molecular weight is 231 g/mol. The van der Waals surface area contributed by atoms with Crippen LogP contribution in [0.2, 0.25) is 0 Å². The number of benzene rings is 1. The maximum absolute atomic E-state index is 13.3. The van der Waals surface area contributed by atoms with E-state index in [-0.39, 0.29) is 18.9 Å². The fraction of sp³-hybridized carbons (Fsp3) is 0.300. The molecule has 0 fully saturated rings. The van der Waals surface area contributed by atoms with Crippen LogP contribution in [0.15, 0.2) is 12.1 Å². The molecule has 6 heteroatoms. The Morgan fingerprint density at radius 3 is 2.69 bits per heavy atom. The van der Waals surface area contributed by atoms with Crippen molar-refractivity contribution >= 4 is 11.7 Å². The van der Waals surface area contributed by atoms with Crippen molar-refractivity contribution in [2.24, 2.45) is 0 Å². The van der Waals surface area contributed by atoms with E-state index >= 15 is 0 Å². The zero-order chi connectivity index (χ0) is 12.1. The number of nitrogens with two attached hydrogens (primary N) is 1. The molecular formula is C10H11F2NO3. The molecule has 0 radical (unpaired) electrons. The number of methoxy groups -OCH3 is 1. The van der Waals surface area contributed by atoms with Gasteiger partial charge in [-0.25, -0.2) is 13.6 Å². The Balaban J connectivity index is 2.86. The summed E-state index contributed by atoms with van der Waals surface area (Å²) in [5.74, 6) is -3.21. The first-order valence-electron chi connectivity index (χ1n) is 4.47. The highest BCUT2D eigenvalue weighted by atomic mass is 19.1. The third kappa shape index (κ3) is 2.66. The summed E-state index contributed by atoms with van der Waals surface area (Å²) >= 11 is 0. The van der Waals surface area contributed by atoms with E-state index in [9.17, 15) is 13.6 Å². The van der Waals surface area contributed by atoms with Crippen LogP contribution in [0.25, 0.3) is 0 Å². The molecule has 0 heterocycles. The van der Waals surface area contributed by atoms with Crippen molar-refractivity contribution < 1.29 is 23.0 Å². The summed E-state index contributed by atoms with van der Waals surface area (Å²) in [4.78, 5) is 11.3. The minimum Gasteiger partial charge on any atom is -0.459 e. The fourth-order valence-electron chi connectivity index (χ4n) is 1.05. The van der Waals surface area contributed by atoms with Crippen molar-refractivity contribution in [2.45, 2.75) is 0 Å². The van der Waals surface area contributed by atoms with E-state index in [0.29, 0.717) is 0 Å². The van der Waals surface area contributed by atoms with E-state index in [1.54, 1.807) is 0 Å². The summed E-state index contributed by atoms with van der Waals surface area (Å²) in [6.07, 6.45) is 0. The number of anilines is 1. The first-order valence-corrected chi connectivity index (χ1v) is 4.47. The SMILES string of the molecule is COCCOC(=O)c1c(F)ccc(N)c1F. The lowest BCUT2D eigenvalue weighted by Crippen LogP contribution is -2.14. The van der Waals surface area contributed by atoms with Crippen molar-refractivity contribution in [3.05, 3.63) is 29.3 Å². The number of carbonyl (C=O) groups is 1. The Hall–Kier alpha value is -1.69. The average Bonchev–Trinajstić information content (AvgIpc) is 2.24. The lowest BCUT2D eigenvalue weighted by Gasteiger charge is -2.07. The predicted octanol–water partition coefficient (Wildman–Crippen LogP) is 1.35. The monoisotopic (exact) mass is 231 g/mol. The van der Waals surface area contributed by atoms with Crippen LogP contribution in [0.3, 0.4) is 0 Å². The summed E-state index contributed by atoms with van der Waals surface area (Å²) in [5, 5.41) is 0. The molecule has 1 aromatic rings. The number of esters is 1. The number of carbonyl (C=O) groups excluding carboxylic acids is 1. The number of hydrogen-bond acceptors (Lipinski definition) is 4. The molecule has 0 aromatic heterocycles. The highest BCUT2D eigenvalue weighted by Crippen LogP contribution is 2.19. The van der Waals surface area contributed by atoms with Crippen molar-refractivity contribution in [2.75, 3.05) is 26.1 Å². The molecule has 0 aliphatic rings. The molecule has 0 aliphatic carbocycles. The maximum atomic E-state index is 13.3. The highest BCUT2D eigenvalue weighted by Gasteiger charge is 2.20. The van der Waals surface area contributed by atoms with Crippen LogP contribution in [-0.4, -0.2) is 26.3 Å². The summed E-state index contributed by atoms with van der Waals surface area (Å²) in [6.45, 7) is 0.0697. The van der Waals surface area contributed by atoms with Gasteiger partial charge in [0.1, 0.15) is 18.0 Å². The topological polar surface area (TPSA) is 61.5 Å². The predicted molar refractivity (Wildman–Crippen MR) is 52.9 cm³/mol. The van der Waals surface area contributed by atoms with Gasteiger partial charge in [-0.2, -0.15) is 0 Å². The molecule has 0 saturated carbocycles. The van der Waals surface area contributed by atoms with E-state index in [0.717, 1.165) is 12.1 Å². The van der Waals surface area contributed by atoms with Crippen LogP contribution in [0.4, 0.5) is 14.5 Å². The summed E-state index contributed by atoms with van der Waals surface area (Å²) in [7, 11) is 1.41. The summed E-state index contributed by atoms with van der Waals surface area (Å²) < 4.78 is 35.7. The van der Waals surface area contributed by atoms with E-state index in [1.807, 2.05) is 0 Å². The fourth-order valence-corrected chi connectivity index (χ4v) is 1.05. The number of halogens is 2. The number of rotatable bonds is 4. The second kappa shape index (κ2) is 5.41. The zero-order valence-corrected chi connectivity index (χ0v) is 8.63. The number of hydrogen-bond donors (Lipinski definition) is 1. The van der Waals surface area contributed by atoms with Gasteiger partial charge in [-0.3, -0.25) is 0 Å². The minimum absolute atomic E-state index is 0.0803. The normalized spacial score (nSPS) is 10.2. The molecule has 4 nitrogen and oxygen atoms in total. The van der Waals surface area contributed by atoms with E-state index in [4.69, 9.17) is 5.73 Å². The molecule has 2 N–H and O–H groups in total. The highest BCUT2D eigenvalue weighted by molar-refractivity contribution is 5.91. The maximum Gasteiger partial charge on any atom is 0.344 e. The third-order valence-electron chi connectivity index (χ3n) is 1.85. The van der Waals surface area contributed by atoms with Crippen molar-refractivity contribution in [3.63, 3.8) is 0 Å². The van der Waals surface area contributed by atoms with Gasteiger partial charge in [-0.1, -0.05) is 0 Å². The molecule has 0 aliphatic heterocycles. The molecule has 0 bridgehead atoms. The van der Waals surface area contributed by atoms with Gasteiger partial charge in [0.25, 0.3) is 0 Å². The number of nitrogen functional groups attached to an aromatic ring is 1. The van der Waals surface area contributed by atoms with Gasteiger partial charge in [0.05, 0.1) is 12.3 Å². The van der Waals surface area contributed by atoms with Gasteiger partial charge >= 0.3 is 5.97 Å². The molecule has 0 spiro atoms. The largest absolute Gasteiger partial charge is 0.459 e. The lowest BCUT2D eigenvalue weighted by molar-refractivity contribution is 0.0378. The first-order chi connectivity index (χ1) is 7.57. The van der Waals surface area contributed by atoms with Crippen LogP contribution in [0.5, 0.6) is 0 Å². The Morgan fingerprint density at radius 2 is 2.06 bits per heavy atom. The van der Waals surface area contributed by atoms with Gasteiger partial charge in [0, 0.05) is 7.11 Å². The standard InChI is InChI=1S/C10H11F2NO3/c1-15-4-5-16-10(14)8-6(11)2-3-7(13)9(8)12/h2-3H,4-5,13H2,1H3. The Morgan fingerprint density at radius 1 is 1.38 bits per heavy atom. The molecular weight excluding hydrogens is 220 g/mol. The molecule has 1 rings (SSSR count). The van der Waals surface area contributed by atoms with Gasteiger partial charge in [-0.05, 0) is 12.1 Å². The molecule has 0 amide bonds. The molecule has 1 aromatic carbocycles. The second-order valence-electron chi connectivity index (χ2n) is 2.95. The molecule has 0 unspecified atom stereocenters. The van der Waals surface area contributed by atoms with Crippen LogP contribution >= 0.6 is 0 Å². The van der Waals surface area contributed by atoms with Gasteiger partial charge in [-0.15, -0.1) is 0 Å². The van der Waals surface area contributed by atoms with Crippen molar-refractivity contribution in [1.29, 1.82) is 0 Å². The van der Waals surface area contributed by atoms with E-state index in [1.165, 1.54) is 7.11 Å². The quantitative estimate of drug-likeness (QED) is 0.482. The van der Waals surface area contributed by atoms with Crippen LogP contribution in [-0.2, 0) is 9.47 Å². The van der Waals surface area contributed by atoms with Crippen LogP contribution in [0, 0.1) is 11.6 Å². The molecule has 0 atom stereocenters. The minimum atomic E-state index is -1.11. The smallest absolute Gasteiger partial charge is 0.344 e. The van der Waals surface area contributed by atoms with Crippen LogP contribution < -0.4 is 5.73 Å². The Bertz CT molecular complexity index is 396. The second-order valence-corrected chi connectivity index (χ2v) is 2.95. The Kier molecular flexibility index (Phi) is 4.19. The van der Waals surface area contributed by atoms with Gasteiger partial charge in [0.15, 0.2) is 5.82 Å². The van der Waals surface area contributed by atoms with Gasteiger partial charge in [0.2, 0.25) is 0 Å². The van der Waals surface area contributed by atoms with Gasteiger partial charge < -0.3 is 15.2 Å². The van der Waals surface area contributed by atoms with Crippen molar-refractivity contribution in [3.8, 4) is 0 Å².